The van der Waals surface area contributed by atoms with Gasteiger partial charge in [0.05, 0.1) is 6.54 Å². The van der Waals surface area contributed by atoms with Crippen molar-refractivity contribution in [2.24, 2.45) is 11.8 Å². The zero-order valence-electron chi connectivity index (χ0n) is 12.3. The van der Waals surface area contributed by atoms with Crippen molar-refractivity contribution < 1.29 is 12.8 Å². The Hall–Kier alpha value is -0.850. The normalized spacial score (nSPS) is 27.6. The van der Waals surface area contributed by atoms with Crippen LogP contribution in [0.15, 0.2) is 21.6 Å². The number of sulfonamides is 1. The fourth-order valence-electron chi connectivity index (χ4n) is 3.09. The Morgan fingerprint density at radius 3 is 2.45 bits per heavy atom. The van der Waals surface area contributed by atoms with E-state index in [4.69, 9.17) is 4.42 Å². The summed E-state index contributed by atoms with van der Waals surface area (Å²) in [5.41, 5.74) is 0. The third kappa shape index (κ3) is 3.84. The van der Waals surface area contributed by atoms with Crippen molar-refractivity contribution in [2.75, 3.05) is 7.05 Å². The van der Waals surface area contributed by atoms with Gasteiger partial charge in [-0.2, -0.15) is 0 Å². The lowest BCUT2D eigenvalue weighted by Crippen LogP contribution is -2.39. The standard InChI is InChI=1S/C14H24N2O3S/c1-10-6-11(2)8-12(7-10)16-20(17,18)14-5-4-13(19-14)9-15-3/h4-5,10-12,15-16H,6-9H2,1-3H3. The number of furan rings is 1. The van der Waals surface area contributed by atoms with E-state index < -0.39 is 10.0 Å². The quantitative estimate of drug-likeness (QED) is 0.873. The maximum atomic E-state index is 12.3. The molecule has 114 valence electrons. The van der Waals surface area contributed by atoms with Crippen LogP contribution < -0.4 is 10.0 Å². The second-order valence-corrected chi connectivity index (χ2v) is 7.63. The van der Waals surface area contributed by atoms with Crippen molar-refractivity contribution in [1.82, 2.24) is 10.0 Å². The molecule has 1 fully saturated rings. The lowest BCUT2D eigenvalue weighted by molar-refractivity contribution is 0.256. The highest BCUT2D eigenvalue weighted by Crippen LogP contribution is 2.29. The SMILES string of the molecule is CNCc1ccc(S(=O)(=O)NC2CC(C)CC(C)C2)o1. The molecule has 2 rings (SSSR count). The molecule has 2 N–H and O–H groups in total. The molecule has 1 aliphatic rings. The number of rotatable bonds is 5. The van der Waals surface area contributed by atoms with Crippen LogP contribution in [0.3, 0.4) is 0 Å². The Morgan fingerprint density at radius 1 is 1.20 bits per heavy atom. The number of nitrogens with one attached hydrogen (secondary N) is 2. The van der Waals surface area contributed by atoms with E-state index in [9.17, 15) is 8.42 Å². The minimum Gasteiger partial charge on any atom is -0.447 e. The molecular formula is C14H24N2O3S. The predicted molar refractivity (Wildman–Crippen MR) is 77.8 cm³/mol. The Morgan fingerprint density at radius 2 is 1.85 bits per heavy atom. The zero-order valence-corrected chi connectivity index (χ0v) is 13.2. The molecule has 2 atom stereocenters. The van der Waals surface area contributed by atoms with E-state index in [1.165, 1.54) is 12.5 Å². The topological polar surface area (TPSA) is 71.3 Å². The molecule has 0 amide bonds. The van der Waals surface area contributed by atoms with Crippen molar-refractivity contribution in [3.63, 3.8) is 0 Å². The van der Waals surface area contributed by atoms with E-state index in [1.54, 1.807) is 13.1 Å². The van der Waals surface area contributed by atoms with Gasteiger partial charge in [-0.05, 0) is 50.3 Å². The van der Waals surface area contributed by atoms with Crippen LogP contribution in [0.25, 0.3) is 0 Å². The summed E-state index contributed by atoms with van der Waals surface area (Å²) in [5.74, 6) is 1.74. The van der Waals surface area contributed by atoms with E-state index in [0.717, 1.165) is 12.8 Å². The largest absolute Gasteiger partial charge is 0.447 e. The van der Waals surface area contributed by atoms with Crippen LogP contribution in [0.1, 0.15) is 38.9 Å². The Kier molecular flexibility index (Phi) is 4.88. The van der Waals surface area contributed by atoms with Gasteiger partial charge in [-0.15, -0.1) is 0 Å². The summed E-state index contributed by atoms with van der Waals surface area (Å²) in [5, 5.41) is 2.94. The van der Waals surface area contributed by atoms with E-state index in [2.05, 4.69) is 23.9 Å². The molecule has 1 aromatic heterocycles. The summed E-state index contributed by atoms with van der Waals surface area (Å²) in [6.07, 6.45) is 2.96. The molecule has 0 aromatic carbocycles. The fourth-order valence-corrected chi connectivity index (χ4v) is 4.30. The van der Waals surface area contributed by atoms with Gasteiger partial charge in [-0.3, -0.25) is 0 Å². The van der Waals surface area contributed by atoms with Crippen LogP contribution in [0.4, 0.5) is 0 Å². The second-order valence-electron chi connectivity index (χ2n) is 5.99. The summed E-state index contributed by atoms with van der Waals surface area (Å²) < 4.78 is 32.8. The minimum atomic E-state index is -3.55. The first-order chi connectivity index (χ1) is 9.40. The van der Waals surface area contributed by atoms with Gasteiger partial charge in [0.25, 0.3) is 10.0 Å². The van der Waals surface area contributed by atoms with Crippen molar-refractivity contribution in [1.29, 1.82) is 0 Å². The Balaban J connectivity index is 2.06. The van der Waals surface area contributed by atoms with E-state index in [-0.39, 0.29) is 11.1 Å². The van der Waals surface area contributed by atoms with Crippen LogP contribution in [0, 0.1) is 11.8 Å². The summed E-state index contributed by atoms with van der Waals surface area (Å²) in [6, 6.07) is 3.22. The van der Waals surface area contributed by atoms with Gasteiger partial charge in [-0.1, -0.05) is 13.8 Å². The molecule has 1 heterocycles. The minimum absolute atomic E-state index is 0.00799. The van der Waals surface area contributed by atoms with Gasteiger partial charge >= 0.3 is 0 Å². The first-order valence-electron chi connectivity index (χ1n) is 7.16. The van der Waals surface area contributed by atoms with Crippen molar-refractivity contribution in [2.45, 2.75) is 50.8 Å². The molecule has 1 saturated carbocycles. The van der Waals surface area contributed by atoms with Gasteiger partial charge < -0.3 is 9.73 Å². The van der Waals surface area contributed by atoms with Crippen molar-refractivity contribution >= 4 is 10.0 Å². The van der Waals surface area contributed by atoms with Gasteiger partial charge in [0.1, 0.15) is 5.76 Å². The Bertz CT molecular complexity index is 528. The van der Waals surface area contributed by atoms with Crippen molar-refractivity contribution in [3.8, 4) is 0 Å². The molecule has 5 nitrogen and oxygen atoms in total. The second kappa shape index (κ2) is 6.28. The molecule has 20 heavy (non-hydrogen) atoms. The van der Waals surface area contributed by atoms with E-state index in [0.29, 0.717) is 24.1 Å². The summed E-state index contributed by atoms with van der Waals surface area (Å²) in [4.78, 5) is 0. The van der Waals surface area contributed by atoms with E-state index in [1.807, 2.05) is 0 Å². The highest BCUT2D eigenvalue weighted by atomic mass is 32.2. The molecule has 0 radical (unpaired) electrons. The van der Waals surface area contributed by atoms with Crippen LogP contribution in [0.2, 0.25) is 0 Å². The maximum absolute atomic E-state index is 12.3. The lowest BCUT2D eigenvalue weighted by Gasteiger charge is -2.31. The first kappa shape index (κ1) is 15.5. The average Bonchev–Trinajstić information content (AvgIpc) is 2.76. The van der Waals surface area contributed by atoms with Crippen LogP contribution in [-0.4, -0.2) is 21.5 Å². The third-order valence-corrected chi connectivity index (χ3v) is 5.15. The molecule has 2 unspecified atom stereocenters. The molecule has 0 saturated heterocycles. The maximum Gasteiger partial charge on any atom is 0.274 e. The molecular weight excluding hydrogens is 276 g/mol. The van der Waals surface area contributed by atoms with Gasteiger partial charge in [0.2, 0.25) is 5.09 Å². The average molecular weight is 300 g/mol. The number of hydrogen-bond donors (Lipinski definition) is 2. The summed E-state index contributed by atoms with van der Waals surface area (Å²) in [7, 11) is -1.76. The predicted octanol–water partition coefficient (Wildman–Crippen LogP) is 2.10. The molecule has 1 aromatic rings. The molecule has 0 bridgehead atoms. The molecule has 6 heteroatoms. The number of hydrogen-bond acceptors (Lipinski definition) is 4. The highest BCUT2D eigenvalue weighted by molar-refractivity contribution is 7.89. The molecule has 0 spiro atoms. The van der Waals surface area contributed by atoms with Gasteiger partial charge in [0, 0.05) is 6.04 Å². The monoisotopic (exact) mass is 300 g/mol. The summed E-state index contributed by atoms with van der Waals surface area (Å²) in [6.45, 7) is 4.87. The zero-order chi connectivity index (χ0) is 14.8. The van der Waals surface area contributed by atoms with E-state index >= 15 is 0 Å². The molecule has 1 aliphatic carbocycles. The van der Waals surface area contributed by atoms with Crippen LogP contribution >= 0.6 is 0 Å². The lowest BCUT2D eigenvalue weighted by atomic mass is 9.81. The van der Waals surface area contributed by atoms with Crippen molar-refractivity contribution in [3.05, 3.63) is 17.9 Å². The van der Waals surface area contributed by atoms with Gasteiger partial charge in [0.15, 0.2) is 0 Å². The smallest absolute Gasteiger partial charge is 0.274 e. The highest BCUT2D eigenvalue weighted by Gasteiger charge is 2.29. The first-order valence-corrected chi connectivity index (χ1v) is 8.64. The van der Waals surface area contributed by atoms with Gasteiger partial charge in [-0.25, -0.2) is 13.1 Å². The fraction of sp³-hybridized carbons (Fsp3) is 0.714. The third-order valence-electron chi connectivity index (χ3n) is 3.75. The van der Waals surface area contributed by atoms with Crippen LogP contribution in [0.5, 0.6) is 0 Å². The van der Waals surface area contributed by atoms with Crippen LogP contribution in [-0.2, 0) is 16.6 Å². The Labute approximate surface area is 121 Å². The summed E-state index contributed by atoms with van der Waals surface area (Å²) >= 11 is 0. The molecule has 0 aliphatic heterocycles.